The van der Waals surface area contributed by atoms with Crippen LogP contribution in [-0.4, -0.2) is 37.4 Å². The highest BCUT2D eigenvalue weighted by Crippen LogP contribution is 2.23. The van der Waals surface area contributed by atoms with E-state index >= 15 is 0 Å². The monoisotopic (exact) mass is 361 g/mol. The second kappa shape index (κ2) is 8.37. The summed E-state index contributed by atoms with van der Waals surface area (Å²) in [5, 5.41) is 14.9. The first-order valence-electron chi connectivity index (χ1n) is 7.94. The first-order valence-corrected chi connectivity index (χ1v) is 7.94. The highest BCUT2D eigenvalue weighted by atomic mass is 19.4. The van der Waals surface area contributed by atoms with E-state index in [4.69, 9.17) is 0 Å². The lowest BCUT2D eigenvalue weighted by molar-refractivity contribution is -0.274. The summed E-state index contributed by atoms with van der Waals surface area (Å²) in [6.07, 6.45) is -4.23. The van der Waals surface area contributed by atoms with Gasteiger partial charge in [-0.05, 0) is 44.2 Å². The van der Waals surface area contributed by atoms with Crippen molar-refractivity contribution < 1.29 is 22.7 Å². The molecule has 10 heteroatoms. The van der Waals surface area contributed by atoms with Crippen molar-refractivity contribution in [3.05, 3.63) is 24.3 Å². The molecule has 0 saturated carbocycles. The van der Waals surface area contributed by atoms with Gasteiger partial charge >= 0.3 is 12.4 Å². The Labute approximate surface area is 143 Å². The molecule has 1 aliphatic rings. The molecule has 0 aliphatic carbocycles. The molecule has 2 amide bonds. The van der Waals surface area contributed by atoms with Crippen molar-refractivity contribution in [2.75, 3.05) is 11.9 Å². The lowest BCUT2D eigenvalue weighted by Crippen LogP contribution is -2.67. The third-order valence-electron chi connectivity index (χ3n) is 3.48. The standard InChI is InChI=1S/C15H22F3N5O2/c1-3-19-12-8-9(2)20-13(22-12)23-14(24)21-10-4-6-11(7-5-10)25-15(16,17)18/h4-7,9,12-13,19-20,22H,3,8H2,1-2H3,(H2,21,23,24). The molecular weight excluding hydrogens is 339 g/mol. The molecule has 0 spiro atoms. The molecule has 3 atom stereocenters. The van der Waals surface area contributed by atoms with Crippen LogP contribution in [0.5, 0.6) is 5.75 Å². The zero-order chi connectivity index (χ0) is 18.4. The lowest BCUT2D eigenvalue weighted by atomic mass is 10.1. The summed E-state index contributed by atoms with van der Waals surface area (Å²) < 4.78 is 40.1. The highest BCUT2D eigenvalue weighted by molar-refractivity contribution is 5.89. The Morgan fingerprint density at radius 3 is 2.56 bits per heavy atom. The molecule has 5 N–H and O–H groups in total. The molecular formula is C15H22F3N5O2. The Balaban J connectivity index is 1.85. The van der Waals surface area contributed by atoms with Crippen LogP contribution >= 0.6 is 0 Å². The fraction of sp³-hybridized carbons (Fsp3) is 0.533. The molecule has 1 heterocycles. The smallest absolute Gasteiger partial charge is 0.406 e. The Morgan fingerprint density at radius 1 is 1.28 bits per heavy atom. The minimum atomic E-state index is -4.75. The largest absolute Gasteiger partial charge is 0.573 e. The predicted molar refractivity (Wildman–Crippen MR) is 86.9 cm³/mol. The molecule has 140 valence electrons. The third-order valence-corrected chi connectivity index (χ3v) is 3.48. The van der Waals surface area contributed by atoms with Crippen LogP contribution in [0.15, 0.2) is 24.3 Å². The number of anilines is 1. The predicted octanol–water partition coefficient (Wildman–Crippen LogP) is 1.90. The SMILES string of the molecule is CCNC1CC(C)NC(NC(=O)Nc2ccc(OC(F)(F)F)cc2)N1. The molecule has 0 aromatic heterocycles. The van der Waals surface area contributed by atoms with Crippen molar-refractivity contribution in [1.29, 1.82) is 0 Å². The molecule has 0 radical (unpaired) electrons. The minimum absolute atomic E-state index is 0.0744. The minimum Gasteiger partial charge on any atom is -0.406 e. The molecule has 1 aliphatic heterocycles. The van der Waals surface area contributed by atoms with Crippen LogP contribution in [0.1, 0.15) is 20.3 Å². The van der Waals surface area contributed by atoms with E-state index in [1.54, 1.807) is 0 Å². The molecule has 1 aromatic rings. The Bertz CT molecular complexity index is 567. The average molecular weight is 361 g/mol. The summed E-state index contributed by atoms with van der Waals surface area (Å²) in [7, 11) is 0. The molecule has 0 bridgehead atoms. The van der Waals surface area contributed by atoms with Gasteiger partial charge in [0.05, 0.1) is 6.17 Å². The average Bonchev–Trinajstić information content (AvgIpc) is 2.47. The van der Waals surface area contributed by atoms with Gasteiger partial charge in [-0.25, -0.2) is 4.79 Å². The number of hydrogen-bond donors (Lipinski definition) is 5. The van der Waals surface area contributed by atoms with Crippen molar-refractivity contribution in [1.82, 2.24) is 21.3 Å². The zero-order valence-electron chi connectivity index (χ0n) is 13.9. The van der Waals surface area contributed by atoms with Crippen LogP contribution in [0.3, 0.4) is 0 Å². The molecule has 3 unspecified atom stereocenters. The highest BCUT2D eigenvalue weighted by Gasteiger charge is 2.31. The molecule has 25 heavy (non-hydrogen) atoms. The van der Waals surface area contributed by atoms with Gasteiger partial charge in [0.15, 0.2) is 0 Å². The van der Waals surface area contributed by atoms with E-state index in [0.29, 0.717) is 5.69 Å². The number of amides is 2. The van der Waals surface area contributed by atoms with Crippen molar-refractivity contribution in [3.8, 4) is 5.75 Å². The number of urea groups is 1. The normalized spacial score (nSPS) is 23.8. The third kappa shape index (κ3) is 6.77. The molecule has 7 nitrogen and oxygen atoms in total. The number of carbonyl (C=O) groups is 1. The van der Waals surface area contributed by atoms with Gasteiger partial charge in [-0.3, -0.25) is 10.6 Å². The van der Waals surface area contributed by atoms with Gasteiger partial charge in [-0.1, -0.05) is 6.92 Å². The molecule has 1 aromatic carbocycles. The summed E-state index contributed by atoms with van der Waals surface area (Å²) in [6, 6.07) is 4.62. The van der Waals surface area contributed by atoms with Gasteiger partial charge in [-0.2, -0.15) is 0 Å². The first-order chi connectivity index (χ1) is 11.7. The van der Waals surface area contributed by atoms with Gasteiger partial charge in [0.25, 0.3) is 0 Å². The van der Waals surface area contributed by atoms with E-state index < -0.39 is 18.7 Å². The van der Waals surface area contributed by atoms with E-state index in [1.807, 2.05) is 13.8 Å². The second-order valence-electron chi connectivity index (χ2n) is 5.68. The van der Waals surface area contributed by atoms with E-state index in [0.717, 1.165) is 25.1 Å². The van der Waals surface area contributed by atoms with Crippen LogP contribution in [0.2, 0.25) is 0 Å². The summed E-state index contributed by atoms with van der Waals surface area (Å²) in [5.41, 5.74) is 0.346. The number of alkyl halides is 3. The summed E-state index contributed by atoms with van der Waals surface area (Å²) in [4.78, 5) is 12.0. The topological polar surface area (TPSA) is 86.5 Å². The van der Waals surface area contributed by atoms with Crippen LogP contribution in [-0.2, 0) is 0 Å². The number of ether oxygens (including phenoxy) is 1. The first kappa shape index (κ1) is 19.3. The summed E-state index contributed by atoms with van der Waals surface area (Å²) in [6.45, 7) is 4.81. The van der Waals surface area contributed by atoms with Gasteiger partial charge in [0.2, 0.25) is 0 Å². The number of benzene rings is 1. The second-order valence-corrected chi connectivity index (χ2v) is 5.68. The molecule has 2 rings (SSSR count). The van der Waals surface area contributed by atoms with Gasteiger partial charge < -0.3 is 20.7 Å². The number of halogens is 3. The van der Waals surface area contributed by atoms with Gasteiger partial charge in [0.1, 0.15) is 12.0 Å². The van der Waals surface area contributed by atoms with Crippen molar-refractivity contribution in [3.63, 3.8) is 0 Å². The maximum Gasteiger partial charge on any atom is 0.573 e. The quantitative estimate of drug-likeness (QED) is 0.553. The summed E-state index contributed by atoms with van der Waals surface area (Å²) >= 11 is 0. The zero-order valence-corrected chi connectivity index (χ0v) is 13.9. The molecule has 1 fully saturated rings. The van der Waals surface area contributed by atoms with Gasteiger partial charge in [0, 0.05) is 11.7 Å². The Morgan fingerprint density at radius 2 is 1.96 bits per heavy atom. The van der Waals surface area contributed by atoms with Crippen LogP contribution in [0.25, 0.3) is 0 Å². The lowest BCUT2D eigenvalue weighted by Gasteiger charge is -2.36. The van der Waals surface area contributed by atoms with Crippen molar-refractivity contribution >= 4 is 11.7 Å². The van der Waals surface area contributed by atoms with Crippen LogP contribution in [0, 0.1) is 0 Å². The maximum absolute atomic E-state index is 12.1. The fourth-order valence-corrected chi connectivity index (χ4v) is 2.53. The van der Waals surface area contributed by atoms with E-state index in [1.165, 1.54) is 12.1 Å². The van der Waals surface area contributed by atoms with Gasteiger partial charge in [-0.15, -0.1) is 13.2 Å². The van der Waals surface area contributed by atoms with Crippen LogP contribution < -0.4 is 31.3 Å². The van der Waals surface area contributed by atoms with Crippen molar-refractivity contribution in [2.24, 2.45) is 0 Å². The molecule has 1 saturated heterocycles. The number of hydrogen-bond acceptors (Lipinski definition) is 5. The number of carbonyl (C=O) groups excluding carboxylic acids is 1. The van der Waals surface area contributed by atoms with Crippen LogP contribution in [0.4, 0.5) is 23.7 Å². The fourth-order valence-electron chi connectivity index (χ4n) is 2.53. The van der Waals surface area contributed by atoms with Crippen molar-refractivity contribution in [2.45, 2.75) is 45.1 Å². The Hall–Kier alpha value is -2.04. The van der Waals surface area contributed by atoms with E-state index in [-0.39, 0.29) is 18.0 Å². The van der Waals surface area contributed by atoms with E-state index in [2.05, 4.69) is 31.3 Å². The maximum atomic E-state index is 12.1. The van der Waals surface area contributed by atoms with E-state index in [9.17, 15) is 18.0 Å². The summed E-state index contributed by atoms with van der Waals surface area (Å²) in [5.74, 6) is -0.351. The number of nitrogens with one attached hydrogen (secondary N) is 5. The number of rotatable bonds is 5. The Kier molecular flexibility index (Phi) is 6.45.